The SMILES string of the molecule is CC#Cc1cnn2cc(-c3nnn(C4CCN(C5COC5)CC4)c3C)cc(OC(CO)c3ccc(F)cn3)c12. The fraction of sp³-hybridized carbons (Fsp3) is 0.429. The molecule has 1 N–H and O–H groups in total. The van der Waals surface area contributed by atoms with E-state index in [0.29, 0.717) is 28.6 Å². The zero-order chi connectivity index (χ0) is 26.9. The lowest BCUT2D eigenvalue weighted by atomic mass is 10.0. The number of aliphatic hydroxyl groups excluding tert-OH is 1. The molecule has 1 atom stereocenters. The molecule has 0 bridgehead atoms. The van der Waals surface area contributed by atoms with Gasteiger partial charge in [0.05, 0.1) is 61.2 Å². The first-order valence-electron chi connectivity index (χ1n) is 13.1. The van der Waals surface area contributed by atoms with Crippen molar-refractivity contribution in [2.24, 2.45) is 0 Å². The Morgan fingerprint density at radius 3 is 2.69 bits per heavy atom. The molecule has 2 saturated heterocycles. The molecule has 4 aromatic heterocycles. The molecule has 0 amide bonds. The number of fused-ring (bicyclic) bond motifs is 1. The Hall–Kier alpha value is -3.85. The van der Waals surface area contributed by atoms with Crippen LogP contribution in [0.1, 0.15) is 48.9 Å². The van der Waals surface area contributed by atoms with Crippen LogP contribution in [-0.2, 0) is 4.74 Å². The van der Waals surface area contributed by atoms with Gasteiger partial charge in [0, 0.05) is 24.8 Å². The molecular weight excluding hydrogens is 501 g/mol. The summed E-state index contributed by atoms with van der Waals surface area (Å²) in [5.41, 5.74) is 4.22. The second-order valence-electron chi connectivity index (χ2n) is 9.94. The maximum Gasteiger partial charge on any atom is 0.163 e. The largest absolute Gasteiger partial charge is 0.479 e. The summed E-state index contributed by atoms with van der Waals surface area (Å²) >= 11 is 0. The van der Waals surface area contributed by atoms with E-state index in [1.807, 2.05) is 23.9 Å². The van der Waals surface area contributed by atoms with Crippen LogP contribution in [0.5, 0.6) is 5.75 Å². The number of pyridine rings is 2. The normalized spacial score (nSPS) is 17.5. The first-order chi connectivity index (χ1) is 19.1. The van der Waals surface area contributed by atoms with Gasteiger partial charge < -0.3 is 14.6 Å². The Kier molecular flexibility index (Phi) is 6.99. The van der Waals surface area contributed by atoms with Gasteiger partial charge in [0.15, 0.2) is 6.10 Å². The van der Waals surface area contributed by atoms with Gasteiger partial charge in [-0.05, 0) is 44.9 Å². The molecule has 6 heterocycles. The number of halogens is 1. The highest BCUT2D eigenvalue weighted by Crippen LogP contribution is 2.34. The molecule has 0 aromatic carbocycles. The van der Waals surface area contributed by atoms with Gasteiger partial charge in [-0.15, -0.1) is 11.0 Å². The summed E-state index contributed by atoms with van der Waals surface area (Å²) in [6.07, 6.45) is 5.87. The quantitative estimate of drug-likeness (QED) is 0.363. The lowest BCUT2D eigenvalue weighted by Gasteiger charge is -2.41. The zero-order valence-electron chi connectivity index (χ0n) is 21.9. The second kappa shape index (κ2) is 10.7. The molecule has 202 valence electrons. The van der Waals surface area contributed by atoms with Gasteiger partial charge >= 0.3 is 0 Å². The fourth-order valence-corrected chi connectivity index (χ4v) is 5.34. The predicted octanol–water partition coefficient (Wildman–Crippen LogP) is 2.95. The molecule has 0 spiro atoms. The number of likely N-dealkylation sites (tertiary alicyclic amines) is 1. The van der Waals surface area contributed by atoms with Gasteiger partial charge in [-0.25, -0.2) is 13.6 Å². The monoisotopic (exact) mass is 531 g/mol. The number of ether oxygens (including phenoxy) is 2. The average molecular weight is 532 g/mol. The van der Waals surface area contributed by atoms with Crippen molar-refractivity contribution in [1.82, 2.24) is 34.5 Å². The maximum absolute atomic E-state index is 13.5. The molecule has 2 aliphatic heterocycles. The third kappa shape index (κ3) is 4.87. The van der Waals surface area contributed by atoms with Crippen LogP contribution in [0, 0.1) is 24.6 Å². The number of nitrogens with zero attached hydrogens (tertiary/aromatic N) is 7. The summed E-state index contributed by atoms with van der Waals surface area (Å²) in [7, 11) is 0. The van der Waals surface area contributed by atoms with Gasteiger partial charge in [-0.2, -0.15) is 5.10 Å². The van der Waals surface area contributed by atoms with Crippen LogP contribution in [0.4, 0.5) is 4.39 Å². The van der Waals surface area contributed by atoms with Crippen molar-refractivity contribution in [1.29, 1.82) is 0 Å². The molecule has 4 aromatic rings. The summed E-state index contributed by atoms with van der Waals surface area (Å²) in [5.74, 6) is 5.97. The van der Waals surface area contributed by atoms with Gasteiger partial charge in [0.2, 0.25) is 0 Å². The van der Waals surface area contributed by atoms with Gasteiger partial charge in [0.25, 0.3) is 0 Å². The van der Waals surface area contributed by atoms with E-state index in [1.165, 1.54) is 12.1 Å². The number of hydrogen-bond donors (Lipinski definition) is 1. The van der Waals surface area contributed by atoms with E-state index < -0.39 is 11.9 Å². The van der Waals surface area contributed by atoms with Crippen LogP contribution in [0.2, 0.25) is 0 Å². The van der Waals surface area contributed by atoms with Crippen molar-refractivity contribution in [3.8, 4) is 28.8 Å². The zero-order valence-corrected chi connectivity index (χ0v) is 21.9. The number of aliphatic hydroxyl groups is 1. The molecule has 0 radical (unpaired) electrons. The average Bonchev–Trinajstić information content (AvgIpc) is 3.51. The minimum Gasteiger partial charge on any atom is -0.479 e. The highest BCUT2D eigenvalue weighted by atomic mass is 19.1. The van der Waals surface area contributed by atoms with Gasteiger partial charge in [-0.3, -0.25) is 9.88 Å². The maximum atomic E-state index is 13.5. The lowest BCUT2D eigenvalue weighted by molar-refractivity contribution is -0.0735. The molecular formula is C28H30FN7O3. The van der Waals surface area contributed by atoms with Crippen LogP contribution < -0.4 is 4.74 Å². The number of piperidine rings is 1. The molecule has 1 unspecified atom stereocenters. The van der Waals surface area contributed by atoms with Crippen LogP contribution in [0.3, 0.4) is 0 Å². The highest BCUT2D eigenvalue weighted by Gasteiger charge is 2.31. The Balaban J connectivity index is 1.33. The van der Waals surface area contributed by atoms with Gasteiger partial charge in [-0.1, -0.05) is 11.1 Å². The minimum atomic E-state index is -0.815. The van der Waals surface area contributed by atoms with E-state index in [1.54, 1.807) is 17.6 Å². The van der Waals surface area contributed by atoms with E-state index in [4.69, 9.17) is 9.47 Å². The summed E-state index contributed by atoms with van der Waals surface area (Å²) in [6.45, 7) is 7.14. The first kappa shape index (κ1) is 25.4. The standard InChI is InChI=1S/C28H30FN7O3/c1-3-4-19-12-31-35-14-20(11-25(28(19)35)39-26(15-37)24-6-5-21(29)13-30-24)27-18(2)36(33-32-27)22-7-9-34(10-8-22)23-16-38-17-23/h5-6,11-14,22-23,26,37H,7-10,15-17H2,1-2H3. The molecule has 10 nitrogen and oxygen atoms in total. The molecule has 11 heteroatoms. The van der Waals surface area contributed by atoms with Crippen LogP contribution >= 0.6 is 0 Å². The summed E-state index contributed by atoms with van der Waals surface area (Å²) in [5, 5.41) is 23.7. The van der Waals surface area contributed by atoms with E-state index in [9.17, 15) is 9.50 Å². The summed E-state index contributed by atoms with van der Waals surface area (Å²) < 4.78 is 28.8. The fourth-order valence-electron chi connectivity index (χ4n) is 5.34. The predicted molar refractivity (Wildman–Crippen MR) is 141 cm³/mol. The summed E-state index contributed by atoms with van der Waals surface area (Å²) in [6, 6.07) is 5.48. The third-order valence-electron chi connectivity index (χ3n) is 7.53. The Morgan fingerprint density at radius 1 is 1.21 bits per heavy atom. The van der Waals surface area contributed by atoms with Crippen LogP contribution in [0.15, 0.2) is 36.8 Å². The lowest BCUT2D eigenvalue weighted by Crippen LogP contribution is -2.52. The molecule has 6 rings (SSSR count). The van der Waals surface area contributed by atoms with E-state index in [2.05, 4.69) is 37.1 Å². The highest BCUT2D eigenvalue weighted by molar-refractivity contribution is 5.75. The van der Waals surface area contributed by atoms with Crippen LogP contribution in [-0.4, -0.2) is 78.6 Å². The number of rotatable bonds is 7. The number of aromatic nitrogens is 6. The molecule has 0 saturated carbocycles. The van der Waals surface area contributed by atoms with Crippen molar-refractivity contribution in [3.05, 3.63) is 59.6 Å². The topological polar surface area (TPSA) is 103 Å². The number of hydrogen-bond acceptors (Lipinski definition) is 8. The van der Waals surface area contributed by atoms with Crippen molar-refractivity contribution in [2.45, 2.75) is 44.9 Å². The van der Waals surface area contributed by atoms with Gasteiger partial charge in [0.1, 0.15) is 22.8 Å². The molecule has 2 fully saturated rings. The first-order valence-corrected chi connectivity index (χ1v) is 13.1. The van der Waals surface area contributed by atoms with E-state index in [0.717, 1.165) is 62.3 Å². The third-order valence-corrected chi connectivity index (χ3v) is 7.53. The summed E-state index contributed by atoms with van der Waals surface area (Å²) in [4.78, 5) is 6.61. The Bertz CT molecular complexity index is 1530. The van der Waals surface area contributed by atoms with Crippen molar-refractivity contribution in [3.63, 3.8) is 0 Å². The Labute approximate surface area is 225 Å². The van der Waals surface area contributed by atoms with Crippen molar-refractivity contribution >= 4 is 5.52 Å². The molecule has 2 aliphatic rings. The van der Waals surface area contributed by atoms with Crippen LogP contribution in [0.25, 0.3) is 16.8 Å². The van der Waals surface area contributed by atoms with Crippen molar-refractivity contribution < 1.29 is 19.0 Å². The van der Waals surface area contributed by atoms with E-state index in [-0.39, 0.29) is 12.6 Å². The molecule has 39 heavy (non-hydrogen) atoms. The Morgan fingerprint density at radius 2 is 2.03 bits per heavy atom. The van der Waals surface area contributed by atoms with E-state index >= 15 is 0 Å². The minimum absolute atomic E-state index is 0.280. The smallest absolute Gasteiger partial charge is 0.163 e. The molecule has 0 aliphatic carbocycles. The second-order valence-corrected chi connectivity index (χ2v) is 9.94. The van der Waals surface area contributed by atoms with Crippen molar-refractivity contribution in [2.75, 3.05) is 32.9 Å².